The second kappa shape index (κ2) is 5.23. The maximum Gasteiger partial charge on any atom is 0.111 e. The molecule has 1 aromatic carbocycles. The van der Waals surface area contributed by atoms with E-state index in [0.717, 1.165) is 11.4 Å². The summed E-state index contributed by atoms with van der Waals surface area (Å²) in [5.74, 6) is 1.32. The Morgan fingerprint density at radius 2 is 2.17 bits per heavy atom. The summed E-state index contributed by atoms with van der Waals surface area (Å²) >= 11 is 0. The summed E-state index contributed by atoms with van der Waals surface area (Å²) in [5.41, 5.74) is 7.22. The van der Waals surface area contributed by atoms with E-state index in [0.29, 0.717) is 18.2 Å². The molecule has 0 radical (unpaired) electrons. The van der Waals surface area contributed by atoms with Crippen LogP contribution in [0.3, 0.4) is 0 Å². The second-order valence-corrected chi connectivity index (χ2v) is 4.78. The Balaban J connectivity index is 2.16. The molecule has 4 heteroatoms. The van der Waals surface area contributed by atoms with E-state index in [2.05, 4.69) is 18.8 Å². The first-order valence-corrected chi connectivity index (χ1v) is 6.12. The third kappa shape index (κ3) is 2.71. The number of benzene rings is 1. The summed E-state index contributed by atoms with van der Waals surface area (Å²) in [7, 11) is 0. The van der Waals surface area contributed by atoms with Crippen LogP contribution in [0.5, 0.6) is 0 Å². The van der Waals surface area contributed by atoms with Crippen LogP contribution in [0, 0.1) is 0 Å². The Kier molecular flexibility index (Phi) is 3.67. The molecule has 1 heterocycles. The molecular formula is C14H19N3O. The molecule has 0 fully saturated rings. The van der Waals surface area contributed by atoms with Crippen molar-refractivity contribution in [2.45, 2.75) is 32.4 Å². The molecule has 0 aliphatic heterocycles. The highest BCUT2D eigenvalue weighted by Gasteiger charge is 2.13. The zero-order valence-corrected chi connectivity index (χ0v) is 10.7. The quantitative estimate of drug-likeness (QED) is 0.812. The third-order valence-electron chi connectivity index (χ3n) is 2.93. The molecular weight excluding hydrogens is 226 g/mol. The maximum atomic E-state index is 10.2. The van der Waals surface area contributed by atoms with Crippen molar-refractivity contribution in [1.82, 2.24) is 9.55 Å². The first kappa shape index (κ1) is 12.6. The van der Waals surface area contributed by atoms with Gasteiger partial charge in [0.2, 0.25) is 0 Å². The van der Waals surface area contributed by atoms with Gasteiger partial charge in [-0.15, -0.1) is 0 Å². The molecule has 2 aromatic rings. The highest BCUT2D eigenvalue weighted by atomic mass is 16.3. The lowest BCUT2D eigenvalue weighted by Crippen LogP contribution is -2.12. The largest absolute Gasteiger partial charge is 0.399 e. The third-order valence-corrected chi connectivity index (χ3v) is 2.93. The predicted octanol–water partition coefficient (Wildman–Crippen LogP) is 2.32. The van der Waals surface area contributed by atoms with E-state index >= 15 is 0 Å². The van der Waals surface area contributed by atoms with Crippen molar-refractivity contribution >= 4 is 5.69 Å². The molecule has 0 bridgehead atoms. The van der Waals surface area contributed by atoms with E-state index in [4.69, 9.17) is 5.73 Å². The Morgan fingerprint density at radius 1 is 1.39 bits per heavy atom. The fraction of sp³-hybridized carbons (Fsp3) is 0.357. The number of aliphatic hydroxyl groups excluding tert-OH is 1. The Morgan fingerprint density at radius 3 is 2.83 bits per heavy atom. The number of hydrogen-bond acceptors (Lipinski definition) is 3. The van der Waals surface area contributed by atoms with E-state index in [-0.39, 0.29) is 0 Å². The summed E-state index contributed by atoms with van der Waals surface area (Å²) < 4.78 is 1.98. The maximum absolute atomic E-state index is 10.2. The Labute approximate surface area is 107 Å². The SMILES string of the molecule is CC(C)c1nccn1CC(O)c1cccc(N)c1. The first-order valence-electron chi connectivity index (χ1n) is 6.12. The molecule has 0 saturated heterocycles. The van der Waals surface area contributed by atoms with Crippen molar-refractivity contribution in [1.29, 1.82) is 0 Å². The number of imidazole rings is 1. The molecule has 96 valence electrons. The molecule has 2 rings (SSSR count). The molecule has 1 aromatic heterocycles. The monoisotopic (exact) mass is 245 g/mol. The summed E-state index contributed by atoms with van der Waals surface area (Å²) in [6.45, 7) is 4.68. The van der Waals surface area contributed by atoms with Crippen LogP contribution in [0.25, 0.3) is 0 Å². The van der Waals surface area contributed by atoms with Gasteiger partial charge >= 0.3 is 0 Å². The predicted molar refractivity (Wildman–Crippen MR) is 72.1 cm³/mol. The summed E-state index contributed by atoms with van der Waals surface area (Å²) in [5, 5.41) is 10.2. The average Bonchev–Trinajstić information content (AvgIpc) is 2.77. The number of rotatable bonds is 4. The average molecular weight is 245 g/mol. The van der Waals surface area contributed by atoms with Gasteiger partial charge in [0.15, 0.2) is 0 Å². The summed E-state index contributed by atoms with van der Waals surface area (Å²) in [6, 6.07) is 7.35. The topological polar surface area (TPSA) is 64.1 Å². The standard InChI is InChI=1S/C14H19N3O/c1-10(2)14-16-6-7-17(14)9-13(18)11-4-3-5-12(15)8-11/h3-8,10,13,18H,9,15H2,1-2H3. The van der Waals surface area contributed by atoms with Crippen LogP contribution in [0.15, 0.2) is 36.7 Å². The molecule has 1 atom stereocenters. The van der Waals surface area contributed by atoms with Crippen LogP contribution in [-0.2, 0) is 6.54 Å². The molecule has 0 aliphatic carbocycles. The number of aromatic nitrogens is 2. The van der Waals surface area contributed by atoms with Gasteiger partial charge in [-0.05, 0) is 17.7 Å². The van der Waals surface area contributed by atoms with Gasteiger partial charge in [-0.25, -0.2) is 4.98 Å². The number of anilines is 1. The Hall–Kier alpha value is -1.81. The molecule has 18 heavy (non-hydrogen) atoms. The number of nitrogens with zero attached hydrogens (tertiary/aromatic N) is 2. The van der Waals surface area contributed by atoms with E-state index < -0.39 is 6.10 Å². The highest BCUT2D eigenvalue weighted by molar-refractivity contribution is 5.41. The molecule has 0 amide bonds. The summed E-state index contributed by atoms with van der Waals surface area (Å²) in [4.78, 5) is 4.31. The van der Waals surface area contributed by atoms with Crippen LogP contribution >= 0.6 is 0 Å². The molecule has 3 N–H and O–H groups in total. The van der Waals surface area contributed by atoms with Crippen LogP contribution in [0.1, 0.15) is 37.3 Å². The molecule has 1 unspecified atom stereocenters. The number of aliphatic hydroxyl groups is 1. The van der Waals surface area contributed by atoms with Crippen LogP contribution in [-0.4, -0.2) is 14.7 Å². The zero-order valence-electron chi connectivity index (χ0n) is 10.7. The lowest BCUT2D eigenvalue weighted by atomic mass is 10.1. The van der Waals surface area contributed by atoms with Gasteiger partial charge in [-0.3, -0.25) is 0 Å². The highest BCUT2D eigenvalue weighted by Crippen LogP contribution is 2.20. The van der Waals surface area contributed by atoms with Gasteiger partial charge in [-0.1, -0.05) is 26.0 Å². The van der Waals surface area contributed by atoms with Gasteiger partial charge in [0.1, 0.15) is 5.82 Å². The van der Waals surface area contributed by atoms with E-state index in [9.17, 15) is 5.11 Å². The smallest absolute Gasteiger partial charge is 0.111 e. The van der Waals surface area contributed by atoms with Crippen LogP contribution < -0.4 is 5.73 Å². The van der Waals surface area contributed by atoms with E-state index in [1.54, 1.807) is 12.3 Å². The number of nitrogen functional groups attached to an aromatic ring is 1. The molecule has 4 nitrogen and oxygen atoms in total. The lowest BCUT2D eigenvalue weighted by molar-refractivity contribution is 0.155. The number of nitrogens with two attached hydrogens (primary N) is 1. The van der Waals surface area contributed by atoms with Crippen molar-refractivity contribution in [3.05, 3.63) is 48.0 Å². The van der Waals surface area contributed by atoms with Crippen molar-refractivity contribution in [3.8, 4) is 0 Å². The first-order chi connectivity index (χ1) is 8.58. The minimum absolute atomic E-state index is 0.341. The lowest BCUT2D eigenvalue weighted by Gasteiger charge is -2.15. The van der Waals surface area contributed by atoms with Crippen LogP contribution in [0.2, 0.25) is 0 Å². The van der Waals surface area contributed by atoms with Gasteiger partial charge in [-0.2, -0.15) is 0 Å². The van der Waals surface area contributed by atoms with Gasteiger partial charge in [0.05, 0.1) is 12.6 Å². The van der Waals surface area contributed by atoms with E-state index in [1.807, 2.05) is 29.0 Å². The van der Waals surface area contributed by atoms with Crippen molar-refractivity contribution in [3.63, 3.8) is 0 Å². The normalized spacial score (nSPS) is 12.9. The fourth-order valence-electron chi connectivity index (χ4n) is 2.03. The fourth-order valence-corrected chi connectivity index (χ4v) is 2.03. The van der Waals surface area contributed by atoms with Gasteiger partial charge in [0.25, 0.3) is 0 Å². The van der Waals surface area contributed by atoms with Crippen molar-refractivity contribution in [2.24, 2.45) is 0 Å². The summed E-state index contributed by atoms with van der Waals surface area (Å²) in [6.07, 6.45) is 3.09. The van der Waals surface area contributed by atoms with Crippen LogP contribution in [0.4, 0.5) is 5.69 Å². The molecule has 0 saturated carbocycles. The van der Waals surface area contributed by atoms with Crippen molar-refractivity contribution in [2.75, 3.05) is 5.73 Å². The van der Waals surface area contributed by atoms with E-state index in [1.165, 1.54) is 0 Å². The van der Waals surface area contributed by atoms with Gasteiger partial charge < -0.3 is 15.4 Å². The van der Waals surface area contributed by atoms with Crippen molar-refractivity contribution < 1.29 is 5.11 Å². The second-order valence-electron chi connectivity index (χ2n) is 4.78. The molecule has 0 spiro atoms. The van der Waals surface area contributed by atoms with Gasteiger partial charge in [0, 0.05) is 24.0 Å². The minimum atomic E-state index is -0.569. The number of hydrogen-bond donors (Lipinski definition) is 2. The zero-order chi connectivity index (χ0) is 13.1. The Bertz CT molecular complexity index is 519. The minimum Gasteiger partial charge on any atom is -0.399 e. The molecule has 0 aliphatic rings.